The number of nitrogens with one attached hydrogen (secondary N) is 1. The molecule has 0 fully saturated rings. The van der Waals surface area contributed by atoms with Crippen LogP contribution >= 0.6 is 11.3 Å². The molecule has 7 nitrogen and oxygen atoms in total. The van der Waals surface area contributed by atoms with Crippen LogP contribution in [0.3, 0.4) is 0 Å². The van der Waals surface area contributed by atoms with Gasteiger partial charge in [-0.3, -0.25) is 14.4 Å². The van der Waals surface area contributed by atoms with Crippen molar-refractivity contribution in [3.05, 3.63) is 74.6 Å². The van der Waals surface area contributed by atoms with E-state index in [1.807, 2.05) is 64.3 Å². The first-order valence-corrected chi connectivity index (χ1v) is 13.2. The summed E-state index contributed by atoms with van der Waals surface area (Å²) < 4.78 is 6.64. The summed E-state index contributed by atoms with van der Waals surface area (Å²) >= 11 is 1.48. The monoisotopic (exact) mass is 509 g/mol. The van der Waals surface area contributed by atoms with Gasteiger partial charge in [0.05, 0.1) is 24.8 Å². The summed E-state index contributed by atoms with van der Waals surface area (Å²) in [6, 6.07) is 8.03. The number of nitrogens with zero attached hydrogens (tertiary/aromatic N) is 2. The summed E-state index contributed by atoms with van der Waals surface area (Å²) in [6.45, 7) is 11.9. The van der Waals surface area contributed by atoms with Crippen molar-refractivity contribution in [3.8, 4) is 10.6 Å². The molecule has 2 heterocycles. The zero-order valence-electron chi connectivity index (χ0n) is 21.8. The van der Waals surface area contributed by atoms with E-state index in [1.165, 1.54) is 22.0 Å². The number of esters is 1. The molecule has 0 radical (unpaired) electrons. The van der Waals surface area contributed by atoms with E-state index in [0.717, 1.165) is 27.3 Å². The smallest absolute Gasteiger partial charge is 0.308 e. The van der Waals surface area contributed by atoms with Gasteiger partial charge < -0.3 is 14.6 Å². The van der Waals surface area contributed by atoms with Crippen molar-refractivity contribution in [1.82, 2.24) is 14.9 Å². The van der Waals surface area contributed by atoms with Crippen LogP contribution in [-0.2, 0) is 14.3 Å². The van der Waals surface area contributed by atoms with Gasteiger partial charge in [0.25, 0.3) is 5.56 Å². The van der Waals surface area contributed by atoms with Crippen LogP contribution in [0.25, 0.3) is 10.6 Å². The zero-order valence-corrected chi connectivity index (χ0v) is 22.6. The van der Waals surface area contributed by atoms with E-state index in [9.17, 15) is 14.4 Å². The van der Waals surface area contributed by atoms with E-state index >= 15 is 0 Å². The van der Waals surface area contributed by atoms with Crippen LogP contribution in [-0.4, -0.2) is 28.0 Å². The largest absolute Gasteiger partial charge is 0.466 e. The number of benzene rings is 1. The maximum Gasteiger partial charge on any atom is 0.308 e. The second kappa shape index (κ2) is 12.1. The fourth-order valence-electron chi connectivity index (χ4n) is 4.24. The Morgan fingerprint density at radius 1 is 1.14 bits per heavy atom. The number of thiazole rings is 1. The molecule has 0 saturated heterocycles. The summed E-state index contributed by atoms with van der Waals surface area (Å²) in [5.74, 6) is -0.574. The van der Waals surface area contributed by atoms with Crippen molar-refractivity contribution in [2.75, 3.05) is 6.61 Å². The summed E-state index contributed by atoms with van der Waals surface area (Å²) in [7, 11) is 0. The summed E-state index contributed by atoms with van der Waals surface area (Å²) in [5.41, 5.74) is 4.47. The predicted molar refractivity (Wildman–Crippen MR) is 143 cm³/mol. The highest BCUT2D eigenvalue weighted by Gasteiger charge is 2.28. The first-order valence-electron chi connectivity index (χ1n) is 12.3. The van der Waals surface area contributed by atoms with Gasteiger partial charge >= 0.3 is 5.97 Å². The molecule has 1 amide bonds. The third-order valence-corrected chi connectivity index (χ3v) is 6.88. The number of carbonyl (C=O) groups excluding carboxylic acids is 2. The molecule has 2 atom stereocenters. The lowest BCUT2D eigenvalue weighted by Crippen LogP contribution is -2.40. The molecule has 0 aliphatic rings. The van der Waals surface area contributed by atoms with Crippen molar-refractivity contribution in [2.45, 2.75) is 66.5 Å². The van der Waals surface area contributed by atoms with E-state index < -0.39 is 18.1 Å². The van der Waals surface area contributed by atoms with E-state index in [0.29, 0.717) is 12.1 Å². The van der Waals surface area contributed by atoms with Crippen LogP contribution in [0.5, 0.6) is 0 Å². The molecule has 1 N–H and O–H groups in total. The van der Waals surface area contributed by atoms with Crippen molar-refractivity contribution in [2.24, 2.45) is 5.92 Å². The number of aryl methyl sites for hydroxylation is 3. The molecular weight excluding hydrogens is 474 g/mol. The predicted octanol–water partition coefficient (Wildman–Crippen LogP) is 5.29. The second-order valence-corrected chi connectivity index (χ2v) is 10.4. The quantitative estimate of drug-likeness (QED) is 0.375. The number of hydrogen-bond donors (Lipinski definition) is 1. The molecule has 0 aliphatic carbocycles. The number of carbonyl (C=O) groups is 2. The van der Waals surface area contributed by atoms with Gasteiger partial charge in [-0.2, -0.15) is 0 Å². The normalized spacial score (nSPS) is 12.9. The second-order valence-electron chi connectivity index (χ2n) is 9.51. The Bertz CT molecular complexity index is 1260. The average molecular weight is 510 g/mol. The number of hydrogen-bond acceptors (Lipinski definition) is 6. The minimum Gasteiger partial charge on any atom is -0.466 e. The molecule has 0 saturated carbocycles. The topological polar surface area (TPSA) is 90.3 Å². The summed E-state index contributed by atoms with van der Waals surface area (Å²) in [5, 5.41) is 5.71. The lowest BCUT2D eigenvalue weighted by Gasteiger charge is -2.24. The summed E-state index contributed by atoms with van der Waals surface area (Å²) in [4.78, 5) is 43.6. The Morgan fingerprint density at radius 2 is 1.83 bits per heavy atom. The van der Waals surface area contributed by atoms with Crippen molar-refractivity contribution in [3.63, 3.8) is 0 Å². The Hall–Kier alpha value is -3.26. The molecular formula is C28H35N3O4S. The molecule has 3 aromatic rings. The highest BCUT2D eigenvalue weighted by atomic mass is 32.1. The molecule has 3 rings (SSSR count). The van der Waals surface area contributed by atoms with Crippen molar-refractivity contribution >= 4 is 23.2 Å². The van der Waals surface area contributed by atoms with E-state index in [-0.39, 0.29) is 30.4 Å². The third-order valence-electron chi connectivity index (χ3n) is 6.00. The lowest BCUT2D eigenvalue weighted by molar-refractivity contribution is -0.144. The molecule has 1 aromatic carbocycles. The zero-order chi connectivity index (χ0) is 26.4. The highest BCUT2D eigenvalue weighted by Crippen LogP contribution is 2.32. The maximum atomic E-state index is 13.6. The van der Waals surface area contributed by atoms with Gasteiger partial charge in [-0.15, -0.1) is 11.3 Å². The van der Waals surface area contributed by atoms with Crippen LogP contribution in [0.4, 0.5) is 0 Å². The van der Waals surface area contributed by atoms with Gasteiger partial charge in [0.15, 0.2) is 0 Å². The third kappa shape index (κ3) is 6.69. The first kappa shape index (κ1) is 27.3. The Balaban J connectivity index is 1.96. The fraction of sp³-hybridized carbons (Fsp3) is 0.429. The Labute approximate surface area is 216 Å². The Kier molecular flexibility index (Phi) is 9.20. The number of pyridine rings is 1. The number of ether oxygens (including phenoxy) is 1. The SMILES string of the molecule is CCOC(=O)C[C@H](NC(=O)[C@@H](CC(C)C)n1ccc(C)cc1=O)c1csc(-c2c(C)cccc2C)n1. The standard InChI is InChI=1S/C28H35N3O4S/c1-7-35-25(33)15-21(22-16-36-28(30-22)26-19(5)9-8-10-20(26)6)29-27(34)23(13-17(2)3)31-12-11-18(4)14-24(31)32/h8-12,14,16-17,21,23H,7,13,15H2,1-6H3,(H,29,34)/t21-,23+/m0/s1. The number of aromatic nitrogens is 2. The Morgan fingerprint density at radius 3 is 2.44 bits per heavy atom. The summed E-state index contributed by atoms with van der Waals surface area (Å²) in [6.07, 6.45) is 2.09. The van der Waals surface area contributed by atoms with Gasteiger partial charge in [0.2, 0.25) is 5.91 Å². The minimum atomic E-state index is -0.709. The molecule has 192 valence electrons. The van der Waals surface area contributed by atoms with Crippen LogP contribution in [0.2, 0.25) is 0 Å². The van der Waals surface area contributed by atoms with E-state index in [1.54, 1.807) is 13.1 Å². The molecule has 2 aromatic heterocycles. The molecule has 36 heavy (non-hydrogen) atoms. The van der Waals surface area contributed by atoms with Crippen molar-refractivity contribution in [1.29, 1.82) is 0 Å². The number of amides is 1. The number of rotatable bonds is 10. The van der Waals surface area contributed by atoms with Crippen LogP contribution in [0, 0.1) is 26.7 Å². The molecule has 0 bridgehead atoms. The average Bonchev–Trinajstić information content (AvgIpc) is 3.27. The highest BCUT2D eigenvalue weighted by molar-refractivity contribution is 7.13. The maximum absolute atomic E-state index is 13.6. The van der Waals surface area contributed by atoms with Gasteiger partial charge in [-0.1, -0.05) is 32.0 Å². The van der Waals surface area contributed by atoms with Crippen LogP contribution in [0.1, 0.15) is 68.1 Å². The van der Waals surface area contributed by atoms with Gasteiger partial charge in [0.1, 0.15) is 11.0 Å². The van der Waals surface area contributed by atoms with Crippen LogP contribution < -0.4 is 10.9 Å². The molecule has 0 unspecified atom stereocenters. The van der Waals surface area contributed by atoms with Gasteiger partial charge in [-0.05, 0) is 62.8 Å². The van der Waals surface area contributed by atoms with Crippen molar-refractivity contribution < 1.29 is 14.3 Å². The van der Waals surface area contributed by atoms with Gasteiger partial charge in [-0.25, -0.2) is 4.98 Å². The van der Waals surface area contributed by atoms with Crippen LogP contribution in [0.15, 0.2) is 46.7 Å². The minimum absolute atomic E-state index is 0.0489. The molecule has 0 aliphatic heterocycles. The molecule has 8 heteroatoms. The lowest BCUT2D eigenvalue weighted by atomic mass is 10.0. The van der Waals surface area contributed by atoms with E-state index in [4.69, 9.17) is 9.72 Å². The molecule has 0 spiro atoms. The first-order chi connectivity index (χ1) is 17.1. The van der Waals surface area contributed by atoms with Gasteiger partial charge in [0, 0.05) is 23.2 Å². The fourth-order valence-corrected chi connectivity index (χ4v) is 5.28. The van der Waals surface area contributed by atoms with E-state index in [2.05, 4.69) is 5.32 Å².